The second-order valence-electron chi connectivity index (χ2n) is 6.15. The van der Waals surface area contributed by atoms with Crippen LogP contribution in [-0.4, -0.2) is 35.5 Å². The molecule has 2 aromatic rings. The van der Waals surface area contributed by atoms with E-state index < -0.39 is 0 Å². The number of benzene rings is 1. The first-order chi connectivity index (χ1) is 11.7. The Balaban J connectivity index is 1.53. The highest BCUT2D eigenvalue weighted by Crippen LogP contribution is 2.39. The molecule has 2 aliphatic heterocycles. The first-order valence-electron chi connectivity index (χ1n) is 8.23. The zero-order valence-corrected chi connectivity index (χ0v) is 14.0. The number of amides is 1. The lowest BCUT2D eigenvalue weighted by Gasteiger charge is -2.25. The molecule has 3 heterocycles. The Kier molecular flexibility index (Phi) is 4.10. The van der Waals surface area contributed by atoms with Crippen molar-refractivity contribution in [2.24, 2.45) is 0 Å². The lowest BCUT2D eigenvalue weighted by atomic mass is 10.1. The number of aromatic amines is 1. The molecule has 1 amide bonds. The van der Waals surface area contributed by atoms with E-state index in [9.17, 15) is 4.79 Å². The first kappa shape index (κ1) is 15.4. The normalized spacial score (nSPS) is 19.5. The third-order valence-corrected chi connectivity index (χ3v) is 4.85. The summed E-state index contributed by atoms with van der Waals surface area (Å²) in [4.78, 5) is 18.0. The van der Waals surface area contributed by atoms with Gasteiger partial charge in [-0.05, 0) is 42.7 Å². The molecule has 0 unspecified atom stereocenters. The maximum absolute atomic E-state index is 12.8. The van der Waals surface area contributed by atoms with Crippen molar-refractivity contribution >= 4 is 17.5 Å². The summed E-state index contributed by atoms with van der Waals surface area (Å²) in [5.41, 5.74) is 1.95. The van der Waals surface area contributed by atoms with Gasteiger partial charge in [-0.2, -0.15) is 0 Å². The number of ether oxygens (including phenoxy) is 2. The summed E-state index contributed by atoms with van der Waals surface area (Å²) in [7, 11) is 0. The van der Waals surface area contributed by atoms with Crippen molar-refractivity contribution in [2.75, 3.05) is 19.8 Å². The molecule has 0 aliphatic carbocycles. The van der Waals surface area contributed by atoms with Crippen LogP contribution in [0, 0.1) is 0 Å². The van der Waals surface area contributed by atoms with Gasteiger partial charge in [0, 0.05) is 18.4 Å². The van der Waals surface area contributed by atoms with E-state index >= 15 is 0 Å². The zero-order valence-electron chi connectivity index (χ0n) is 13.3. The number of nitrogens with zero attached hydrogens (tertiary/aromatic N) is 1. The lowest BCUT2D eigenvalue weighted by molar-refractivity contribution is -0.131. The molecule has 0 saturated carbocycles. The monoisotopic (exact) mass is 346 g/mol. The Labute approximate surface area is 145 Å². The molecule has 126 valence electrons. The summed E-state index contributed by atoms with van der Waals surface area (Å²) in [5, 5.41) is 0.498. The van der Waals surface area contributed by atoms with Crippen molar-refractivity contribution in [3.05, 3.63) is 46.7 Å². The molecule has 0 bridgehead atoms. The van der Waals surface area contributed by atoms with Crippen molar-refractivity contribution in [3.63, 3.8) is 0 Å². The number of hydrogen-bond acceptors (Lipinski definition) is 3. The number of fused-ring (bicyclic) bond motifs is 1. The number of carbonyl (C=O) groups is 1. The van der Waals surface area contributed by atoms with Crippen molar-refractivity contribution in [2.45, 2.75) is 25.3 Å². The predicted molar refractivity (Wildman–Crippen MR) is 90.6 cm³/mol. The number of likely N-dealkylation sites (tertiary alicyclic amines) is 1. The van der Waals surface area contributed by atoms with E-state index in [1.807, 2.05) is 29.3 Å². The van der Waals surface area contributed by atoms with E-state index in [-0.39, 0.29) is 11.9 Å². The van der Waals surface area contributed by atoms with Gasteiger partial charge >= 0.3 is 0 Å². The molecule has 1 atom stereocenters. The second-order valence-corrected chi connectivity index (χ2v) is 6.56. The molecule has 1 fully saturated rings. The summed E-state index contributed by atoms with van der Waals surface area (Å²) in [6.07, 6.45) is 4.23. The first-order valence-corrected chi connectivity index (χ1v) is 8.61. The number of nitrogens with one attached hydrogen (secondary N) is 1. The molecule has 6 heteroatoms. The van der Waals surface area contributed by atoms with Gasteiger partial charge in [0.1, 0.15) is 13.2 Å². The molecule has 1 aromatic carbocycles. The SMILES string of the molecule is O=C(Cc1cc(Cl)c2c(c1)OCCO2)N1CCC[C@H]1c1ccc[nH]1. The van der Waals surface area contributed by atoms with E-state index in [1.165, 1.54) is 0 Å². The van der Waals surface area contributed by atoms with Gasteiger partial charge in [-0.1, -0.05) is 11.6 Å². The summed E-state index contributed by atoms with van der Waals surface area (Å²) in [6.45, 7) is 1.79. The van der Waals surface area contributed by atoms with Crippen LogP contribution in [0.4, 0.5) is 0 Å². The minimum Gasteiger partial charge on any atom is -0.486 e. The summed E-state index contributed by atoms with van der Waals surface area (Å²) in [6, 6.07) is 7.80. The Morgan fingerprint density at radius 2 is 2.21 bits per heavy atom. The van der Waals surface area contributed by atoms with Crippen LogP contribution in [0.1, 0.15) is 30.1 Å². The minimum atomic E-state index is 0.111. The van der Waals surface area contributed by atoms with Crippen LogP contribution in [0.15, 0.2) is 30.5 Å². The van der Waals surface area contributed by atoms with Crippen molar-refractivity contribution in [1.29, 1.82) is 0 Å². The number of hydrogen-bond donors (Lipinski definition) is 1. The van der Waals surface area contributed by atoms with Gasteiger partial charge in [-0.15, -0.1) is 0 Å². The molecule has 2 aliphatic rings. The van der Waals surface area contributed by atoms with Gasteiger partial charge in [-0.25, -0.2) is 0 Å². The number of halogens is 1. The van der Waals surface area contributed by atoms with Crippen molar-refractivity contribution < 1.29 is 14.3 Å². The Morgan fingerprint density at radius 3 is 3.04 bits per heavy atom. The van der Waals surface area contributed by atoms with E-state index in [0.717, 1.165) is 30.6 Å². The fraction of sp³-hybridized carbons (Fsp3) is 0.389. The van der Waals surface area contributed by atoms with Crippen LogP contribution < -0.4 is 9.47 Å². The number of H-pyrrole nitrogens is 1. The molecule has 1 N–H and O–H groups in total. The maximum atomic E-state index is 12.8. The van der Waals surface area contributed by atoms with Gasteiger partial charge in [0.25, 0.3) is 0 Å². The minimum absolute atomic E-state index is 0.111. The average Bonchev–Trinajstić information content (AvgIpc) is 3.26. The average molecular weight is 347 g/mol. The molecule has 0 radical (unpaired) electrons. The standard InChI is InChI=1S/C18H19ClN2O3/c19-13-9-12(10-16-18(13)24-8-7-23-16)11-17(22)21-6-2-4-15(21)14-3-1-5-20-14/h1,3,5,9-10,15,20H,2,4,6-8,11H2/t15-/m0/s1. The highest BCUT2D eigenvalue weighted by Gasteiger charge is 2.30. The summed E-state index contributed by atoms with van der Waals surface area (Å²) >= 11 is 6.27. The van der Waals surface area contributed by atoms with E-state index in [2.05, 4.69) is 4.98 Å². The summed E-state index contributed by atoms with van der Waals surface area (Å²) in [5.74, 6) is 1.31. The van der Waals surface area contributed by atoms with E-state index in [0.29, 0.717) is 36.2 Å². The van der Waals surface area contributed by atoms with Crippen LogP contribution in [0.25, 0.3) is 0 Å². The maximum Gasteiger partial charge on any atom is 0.227 e. The molecule has 1 saturated heterocycles. The number of aromatic nitrogens is 1. The predicted octanol–water partition coefficient (Wildman–Crippen LogP) is 3.35. The van der Waals surface area contributed by atoms with Gasteiger partial charge in [-0.3, -0.25) is 4.79 Å². The van der Waals surface area contributed by atoms with Crippen LogP contribution in [0.2, 0.25) is 5.02 Å². The molecular formula is C18H19ClN2O3. The lowest BCUT2D eigenvalue weighted by Crippen LogP contribution is -2.32. The Morgan fingerprint density at radius 1 is 1.33 bits per heavy atom. The van der Waals surface area contributed by atoms with Gasteiger partial charge in [0.05, 0.1) is 17.5 Å². The van der Waals surface area contributed by atoms with E-state index in [1.54, 1.807) is 6.07 Å². The molecule has 24 heavy (non-hydrogen) atoms. The quantitative estimate of drug-likeness (QED) is 0.927. The topological polar surface area (TPSA) is 54.6 Å². The van der Waals surface area contributed by atoms with Crippen molar-refractivity contribution in [3.8, 4) is 11.5 Å². The van der Waals surface area contributed by atoms with Crippen LogP contribution in [0.3, 0.4) is 0 Å². The largest absolute Gasteiger partial charge is 0.486 e. The molecule has 4 rings (SSSR count). The van der Waals surface area contributed by atoms with Crippen LogP contribution in [-0.2, 0) is 11.2 Å². The number of carbonyl (C=O) groups excluding carboxylic acids is 1. The fourth-order valence-electron chi connectivity index (χ4n) is 3.48. The van der Waals surface area contributed by atoms with Crippen LogP contribution in [0.5, 0.6) is 11.5 Å². The molecule has 5 nitrogen and oxygen atoms in total. The highest BCUT2D eigenvalue weighted by atomic mass is 35.5. The smallest absolute Gasteiger partial charge is 0.227 e. The fourth-order valence-corrected chi connectivity index (χ4v) is 3.77. The second kappa shape index (κ2) is 6.40. The van der Waals surface area contributed by atoms with Crippen LogP contribution >= 0.6 is 11.6 Å². The molecular weight excluding hydrogens is 328 g/mol. The highest BCUT2D eigenvalue weighted by molar-refractivity contribution is 6.32. The summed E-state index contributed by atoms with van der Waals surface area (Å²) < 4.78 is 11.1. The molecule has 0 spiro atoms. The van der Waals surface area contributed by atoms with Gasteiger partial charge < -0.3 is 19.4 Å². The molecule has 1 aromatic heterocycles. The number of rotatable bonds is 3. The Hall–Kier alpha value is -2.14. The third-order valence-electron chi connectivity index (χ3n) is 4.57. The third kappa shape index (κ3) is 2.84. The van der Waals surface area contributed by atoms with Crippen molar-refractivity contribution in [1.82, 2.24) is 9.88 Å². The Bertz CT molecular complexity index is 745. The van der Waals surface area contributed by atoms with Gasteiger partial charge in [0.2, 0.25) is 5.91 Å². The van der Waals surface area contributed by atoms with E-state index in [4.69, 9.17) is 21.1 Å². The zero-order chi connectivity index (χ0) is 16.5. The van der Waals surface area contributed by atoms with Gasteiger partial charge in [0.15, 0.2) is 11.5 Å².